The Morgan fingerprint density at radius 2 is 1.85 bits per heavy atom. The van der Waals surface area contributed by atoms with E-state index in [1.54, 1.807) is 0 Å². The molecule has 0 spiro atoms. The summed E-state index contributed by atoms with van der Waals surface area (Å²) >= 11 is 0. The van der Waals surface area contributed by atoms with Crippen LogP contribution in [0.25, 0.3) is 16.9 Å². The van der Waals surface area contributed by atoms with Crippen molar-refractivity contribution in [3.8, 4) is 17.0 Å². The van der Waals surface area contributed by atoms with Crippen LogP contribution in [0.15, 0.2) is 48.8 Å². The number of aryl methyl sites for hydroxylation is 1. The number of hydrogen-bond donors (Lipinski definition) is 0. The molecule has 4 nitrogen and oxygen atoms in total. The van der Waals surface area contributed by atoms with E-state index < -0.39 is 0 Å². The predicted octanol–water partition coefficient (Wildman–Crippen LogP) is 4.91. The second-order valence-electron chi connectivity index (χ2n) is 7.15. The Hall–Kier alpha value is -2.33. The lowest BCUT2D eigenvalue weighted by atomic mass is 10.1. The molecule has 136 valence electrons. The second-order valence-corrected chi connectivity index (χ2v) is 7.15. The molecular formula is C22H27N3O. The number of rotatable bonds is 5. The number of benzene rings is 1. The van der Waals surface area contributed by atoms with Crippen LogP contribution < -0.4 is 4.74 Å². The molecule has 1 aliphatic rings. The zero-order valence-corrected chi connectivity index (χ0v) is 15.7. The van der Waals surface area contributed by atoms with Gasteiger partial charge in [0.2, 0.25) is 0 Å². The first-order valence-electron chi connectivity index (χ1n) is 9.70. The van der Waals surface area contributed by atoms with E-state index in [4.69, 9.17) is 9.72 Å². The monoisotopic (exact) mass is 349 g/mol. The lowest BCUT2D eigenvalue weighted by Crippen LogP contribution is -2.42. The molecule has 4 rings (SSSR count). The van der Waals surface area contributed by atoms with Crippen molar-refractivity contribution in [1.29, 1.82) is 0 Å². The minimum Gasteiger partial charge on any atom is -0.475 e. The molecule has 1 saturated heterocycles. The number of ether oxygens (including phenoxy) is 1. The van der Waals surface area contributed by atoms with Gasteiger partial charge in [0.05, 0.1) is 5.69 Å². The molecule has 1 unspecified atom stereocenters. The third-order valence-electron chi connectivity index (χ3n) is 5.25. The summed E-state index contributed by atoms with van der Waals surface area (Å²) in [4.78, 5) is 7.25. The molecule has 1 fully saturated rings. The van der Waals surface area contributed by atoms with Crippen LogP contribution in [-0.2, 0) is 0 Å². The minimum atomic E-state index is 0.180. The number of imidazole rings is 1. The van der Waals surface area contributed by atoms with Gasteiger partial charge >= 0.3 is 0 Å². The van der Waals surface area contributed by atoms with Crippen LogP contribution in [0.1, 0.15) is 38.2 Å². The fourth-order valence-electron chi connectivity index (χ4n) is 3.78. The Kier molecular flexibility index (Phi) is 4.93. The Morgan fingerprint density at radius 3 is 2.54 bits per heavy atom. The third-order valence-corrected chi connectivity index (χ3v) is 5.25. The minimum absolute atomic E-state index is 0.180. The van der Waals surface area contributed by atoms with Crippen LogP contribution in [-0.4, -0.2) is 33.6 Å². The normalized spacial score (nSPS) is 16.7. The molecule has 0 saturated carbocycles. The quantitative estimate of drug-likeness (QED) is 0.655. The van der Waals surface area contributed by atoms with Gasteiger partial charge in [0.15, 0.2) is 6.23 Å². The van der Waals surface area contributed by atoms with Crippen LogP contribution in [0.4, 0.5) is 0 Å². The fraction of sp³-hybridized carbons (Fsp3) is 0.409. The maximum absolute atomic E-state index is 6.27. The van der Waals surface area contributed by atoms with Gasteiger partial charge in [-0.25, -0.2) is 4.98 Å². The van der Waals surface area contributed by atoms with E-state index in [0.717, 1.165) is 42.2 Å². The Morgan fingerprint density at radius 1 is 1.08 bits per heavy atom. The zero-order valence-electron chi connectivity index (χ0n) is 15.7. The van der Waals surface area contributed by atoms with E-state index in [9.17, 15) is 0 Å². The van der Waals surface area contributed by atoms with Gasteiger partial charge in [0, 0.05) is 31.0 Å². The summed E-state index contributed by atoms with van der Waals surface area (Å²) in [6, 6.07) is 12.5. The van der Waals surface area contributed by atoms with Crippen molar-refractivity contribution < 1.29 is 4.74 Å². The van der Waals surface area contributed by atoms with Crippen LogP contribution in [0, 0.1) is 6.92 Å². The van der Waals surface area contributed by atoms with Crippen molar-refractivity contribution in [2.75, 3.05) is 13.1 Å². The molecule has 3 aromatic rings. The fourth-order valence-corrected chi connectivity index (χ4v) is 3.78. The molecule has 26 heavy (non-hydrogen) atoms. The van der Waals surface area contributed by atoms with E-state index in [-0.39, 0.29) is 6.23 Å². The molecule has 2 aromatic heterocycles. The molecule has 0 amide bonds. The van der Waals surface area contributed by atoms with Crippen LogP contribution in [0.5, 0.6) is 5.75 Å². The van der Waals surface area contributed by atoms with Gasteiger partial charge in [0.25, 0.3) is 0 Å². The van der Waals surface area contributed by atoms with Crippen LogP contribution in [0.3, 0.4) is 0 Å². The lowest BCUT2D eigenvalue weighted by molar-refractivity contribution is 0.00983. The van der Waals surface area contributed by atoms with Crippen molar-refractivity contribution >= 4 is 5.65 Å². The molecule has 0 N–H and O–H groups in total. The molecule has 0 radical (unpaired) electrons. The molecule has 1 aromatic carbocycles. The Bertz CT molecular complexity index is 863. The summed E-state index contributed by atoms with van der Waals surface area (Å²) in [5.74, 6) is 0.936. The average molecular weight is 349 g/mol. The average Bonchev–Trinajstić information content (AvgIpc) is 3.13. The van der Waals surface area contributed by atoms with Gasteiger partial charge in [-0.2, -0.15) is 0 Å². The summed E-state index contributed by atoms with van der Waals surface area (Å²) in [5.41, 5.74) is 4.31. The maximum atomic E-state index is 6.27. The van der Waals surface area contributed by atoms with Crippen LogP contribution in [0.2, 0.25) is 0 Å². The molecule has 3 heterocycles. The van der Waals surface area contributed by atoms with Crippen molar-refractivity contribution in [2.45, 2.75) is 45.8 Å². The standard InChI is InChI=1S/C22H27N3O/c1-3-21(24-13-5-4-6-14-24)26-19-11-9-18(10-12-19)20-16-25-15-7-8-17(2)22(25)23-20/h7-12,15-16,21H,3-6,13-14H2,1-2H3. The summed E-state index contributed by atoms with van der Waals surface area (Å²) < 4.78 is 8.35. The van der Waals surface area contributed by atoms with E-state index in [2.05, 4.69) is 65.7 Å². The van der Waals surface area contributed by atoms with Crippen molar-refractivity contribution in [2.24, 2.45) is 0 Å². The van der Waals surface area contributed by atoms with E-state index in [1.807, 2.05) is 6.20 Å². The predicted molar refractivity (Wildman–Crippen MR) is 105 cm³/mol. The highest BCUT2D eigenvalue weighted by atomic mass is 16.5. The number of aromatic nitrogens is 2. The highest BCUT2D eigenvalue weighted by Gasteiger charge is 2.20. The number of piperidine rings is 1. The topological polar surface area (TPSA) is 29.8 Å². The highest BCUT2D eigenvalue weighted by molar-refractivity contribution is 5.64. The van der Waals surface area contributed by atoms with Gasteiger partial charge in [-0.05, 0) is 62.1 Å². The summed E-state index contributed by atoms with van der Waals surface area (Å²) in [7, 11) is 0. The first-order chi connectivity index (χ1) is 12.7. The number of nitrogens with zero attached hydrogens (tertiary/aromatic N) is 3. The zero-order chi connectivity index (χ0) is 17.9. The molecule has 1 atom stereocenters. The van der Waals surface area contributed by atoms with Crippen molar-refractivity contribution in [1.82, 2.24) is 14.3 Å². The third kappa shape index (κ3) is 3.47. The first-order valence-corrected chi connectivity index (χ1v) is 9.70. The highest BCUT2D eigenvalue weighted by Crippen LogP contribution is 2.25. The van der Waals surface area contributed by atoms with Crippen LogP contribution >= 0.6 is 0 Å². The number of fused-ring (bicyclic) bond motifs is 1. The number of pyridine rings is 1. The largest absolute Gasteiger partial charge is 0.475 e. The van der Waals surface area contributed by atoms with E-state index >= 15 is 0 Å². The lowest BCUT2D eigenvalue weighted by Gasteiger charge is -2.34. The van der Waals surface area contributed by atoms with E-state index in [0.29, 0.717) is 0 Å². The van der Waals surface area contributed by atoms with Gasteiger partial charge in [-0.3, -0.25) is 4.90 Å². The first kappa shape index (κ1) is 17.1. The number of likely N-dealkylation sites (tertiary alicyclic amines) is 1. The van der Waals surface area contributed by atoms with Gasteiger partial charge < -0.3 is 9.14 Å². The van der Waals surface area contributed by atoms with Gasteiger partial charge in [-0.15, -0.1) is 0 Å². The SMILES string of the molecule is CCC(Oc1ccc(-c2cn3cccc(C)c3n2)cc1)N1CCCCC1. The van der Waals surface area contributed by atoms with Crippen molar-refractivity contribution in [3.05, 3.63) is 54.4 Å². The van der Waals surface area contributed by atoms with Gasteiger partial charge in [-0.1, -0.05) is 19.4 Å². The Balaban J connectivity index is 1.51. The smallest absolute Gasteiger partial charge is 0.152 e. The summed E-state index contributed by atoms with van der Waals surface area (Å²) in [5, 5.41) is 0. The molecule has 1 aliphatic heterocycles. The second kappa shape index (κ2) is 7.50. The molecule has 0 aliphatic carbocycles. The van der Waals surface area contributed by atoms with Gasteiger partial charge in [0.1, 0.15) is 11.4 Å². The maximum Gasteiger partial charge on any atom is 0.152 e. The molecule has 0 bridgehead atoms. The number of hydrogen-bond acceptors (Lipinski definition) is 3. The van der Waals surface area contributed by atoms with Crippen molar-refractivity contribution in [3.63, 3.8) is 0 Å². The summed E-state index contributed by atoms with van der Waals surface area (Å²) in [6.45, 7) is 6.59. The summed E-state index contributed by atoms with van der Waals surface area (Å²) in [6.07, 6.45) is 9.23. The molecular weight excluding hydrogens is 322 g/mol. The Labute approximate surface area is 155 Å². The molecule has 4 heteroatoms. The van der Waals surface area contributed by atoms with E-state index in [1.165, 1.54) is 24.8 Å².